The molecule has 0 amide bonds. The topological polar surface area (TPSA) is 224 Å². The summed E-state index contributed by atoms with van der Waals surface area (Å²) in [5.41, 5.74) is 4.88. The molecule has 55 heavy (non-hydrogen) atoms. The molecule has 2 bridgehead atoms. The van der Waals surface area contributed by atoms with Crippen LogP contribution in [0.5, 0.6) is 0 Å². The van der Waals surface area contributed by atoms with Crippen LogP contribution in [0, 0.1) is 49.4 Å². The van der Waals surface area contributed by atoms with E-state index in [2.05, 4.69) is 0 Å². The number of hydrogen-bond acceptors (Lipinski definition) is 15. The third-order valence-corrected chi connectivity index (χ3v) is 9.07. The Hall–Kier alpha value is -4.81. The summed E-state index contributed by atoms with van der Waals surface area (Å²) < 4.78 is 0. The average Bonchev–Trinajstić information content (AvgIpc) is 3.14. The van der Waals surface area contributed by atoms with Gasteiger partial charge in [0, 0.05) is 56.0 Å². The SMILES string of the molecule is O=C([O-])CN(CC(=O)[O-])Cc1cccc(-c2cc(C34OOC(c5ccccc53)c3ccccc34)cc(-c3cccc(CN(CC(=O)[O-])CC(=O)[O-])n3)n2)n1.[Eu+3]. The standard InChI is InChI=1S/C39H33N5O10.Eu/c45-34(46)19-43(20-35(47)48)17-24-7-5-13-30(40-24)32-15-23(39-28-11-3-1-9-26(28)38(53-54-39)27-10-2-4-12-29(27)39)16-33(42-32)31-14-6-8-25(41-31)18-44(21-36(49)50)22-37(51)52;/h1-16,38H,17-22H2,(H,45,46)(H,47,48)(H,49,50)(H,51,52);/q;+3/p-4. The second kappa shape index (κ2) is 16.9. The summed E-state index contributed by atoms with van der Waals surface area (Å²) in [6, 6.07) is 29.1. The first-order valence-electron chi connectivity index (χ1n) is 16.7. The average molecular weight is 880 g/mol. The maximum Gasteiger partial charge on any atom is 3.00 e. The number of fused-ring (bicyclic) bond motifs is 1. The monoisotopic (exact) mass is 880 g/mol. The van der Waals surface area contributed by atoms with E-state index < -0.39 is 61.8 Å². The van der Waals surface area contributed by atoms with Crippen molar-refractivity contribution >= 4 is 23.9 Å². The van der Waals surface area contributed by atoms with E-state index in [1.165, 1.54) is 0 Å². The molecule has 3 aromatic heterocycles. The van der Waals surface area contributed by atoms with Crippen LogP contribution in [-0.2, 0) is 47.6 Å². The Morgan fingerprint density at radius 3 is 1.40 bits per heavy atom. The molecule has 0 unspecified atom stereocenters. The molecule has 16 heteroatoms. The summed E-state index contributed by atoms with van der Waals surface area (Å²) in [5.74, 6) is -5.86. The van der Waals surface area contributed by atoms with Gasteiger partial charge < -0.3 is 39.6 Å². The van der Waals surface area contributed by atoms with Crippen LogP contribution in [0.25, 0.3) is 22.8 Å². The quantitative estimate of drug-likeness (QED) is 0.109. The number of pyridine rings is 3. The van der Waals surface area contributed by atoms with Crippen LogP contribution in [0.15, 0.2) is 97.1 Å². The number of carboxylic acid groups (broad SMARTS) is 4. The zero-order valence-corrected chi connectivity index (χ0v) is 31.2. The van der Waals surface area contributed by atoms with Crippen molar-refractivity contribution in [2.75, 3.05) is 26.2 Å². The summed E-state index contributed by atoms with van der Waals surface area (Å²) in [6.07, 6.45) is -0.466. The summed E-state index contributed by atoms with van der Waals surface area (Å²) in [7, 11) is 0. The van der Waals surface area contributed by atoms with Crippen molar-refractivity contribution in [2.24, 2.45) is 0 Å². The van der Waals surface area contributed by atoms with E-state index in [1.807, 2.05) is 48.5 Å². The second-order valence-corrected chi connectivity index (χ2v) is 12.8. The summed E-state index contributed by atoms with van der Waals surface area (Å²) in [5, 5.41) is 45.4. The van der Waals surface area contributed by atoms with Crippen molar-refractivity contribution in [1.29, 1.82) is 0 Å². The van der Waals surface area contributed by atoms with Crippen LogP contribution >= 0.6 is 0 Å². The van der Waals surface area contributed by atoms with Crippen LogP contribution in [0.2, 0.25) is 0 Å². The Balaban J connectivity index is 0.00000514. The molecule has 0 fully saturated rings. The summed E-state index contributed by atoms with van der Waals surface area (Å²) in [4.78, 5) is 74.5. The van der Waals surface area contributed by atoms with Gasteiger partial charge in [-0.15, -0.1) is 0 Å². The molecule has 3 aliphatic rings. The number of aromatic nitrogens is 3. The van der Waals surface area contributed by atoms with Crippen molar-refractivity contribution in [2.45, 2.75) is 24.8 Å². The minimum absolute atomic E-state index is 0. The number of carbonyl (C=O) groups excluding carboxylic acids is 4. The van der Waals surface area contributed by atoms with Crippen molar-refractivity contribution < 1.29 is 98.8 Å². The molecule has 5 aromatic rings. The van der Waals surface area contributed by atoms with Gasteiger partial charge in [0.1, 0.15) is 6.10 Å². The molecule has 8 rings (SSSR count). The van der Waals surface area contributed by atoms with Gasteiger partial charge in [0.05, 0.1) is 58.0 Å². The molecule has 0 atom stereocenters. The number of carbonyl (C=O) groups is 4. The number of benzene rings is 2. The van der Waals surface area contributed by atoms with E-state index in [9.17, 15) is 39.6 Å². The maximum atomic E-state index is 11.4. The van der Waals surface area contributed by atoms with Gasteiger partial charge in [0.2, 0.25) is 0 Å². The van der Waals surface area contributed by atoms with Gasteiger partial charge in [-0.05, 0) is 47.5 Å². The van der Waals surface area contributed by atoms with Gasteiger partial charge in [-0.2, -0.15) is 0 Å². The molecule has 0 saturated carbocycles. The van der Waals surface area contributed by atoms with Crippen LogP contribution < -0.4 is 20.4 Å². The fourth-order valence-electron chi connectivity index (χ4n) is 7.02. The van der Waals surface area contributed by atoms with Gasteiger partial charge in [-0.3, -0.25) is 9.80 Å². The van der Waals surface area contributed by atoms with E-state index >= 15 is 0 Å². The predicted molar refractivity (Wildman–Crippen MR) is 178 cm³/mol. The Labute approximate surface area is 354 Å². The molecular formula is C39H29EuN5O10-. The molecule has 0 saturated heterocycles. The zero-order valence-electron chi connectivity index (χ0n) is 28.8. The Morgan fingerprint density at radius 2 is 0.982 bits per heavy atom. The van der Waals surface area contributed by atoms with Crippen LogP contribution in [-0.4, -0.2) is 74.8 Å². The van der Waals surface area contributed by atoms with Gasteiger partial charge in [-0.25, -0.2) is 24.7 Å². The number of aliphatic carboxylic acids is 4. The molecule has 2 aliphatic heterocycles. The van der Waals surface area contributed by atoms with Crippen LogP contribution in [0.1, 0.15) is 45.3 Å². The van der Waals surface area contributed by atoms with Gasteiger partial charge in [0.15, 0.2) is 5.60 Å². The smallest absolute Gasteiger partial charge is 0.549 e. The third-order valence-electron chi connectivity index (χ3n) is 9.07. The Morgan fingerprint density at radius 1 is 0.564 bits per heavy atom. The summed E-state index contributed by atoms with van der Waals surface area (Å²) in [6.45, 7) is -2.95. The fraction of sp³-hybridized carbons (Fsp3) is 0.205. The normalized spacial score (nSPS) is 16.6. The van der Waals surface area contributed by atoms with Crippen molar-refractivity contribution in [3.8, 4) is 22.8 Å². The third kappa shape index (κ3) is 8.55. The molecule has 0 spiro atoms. The van der Waals surface area contributed by atoms with E-state index in [0.717, 1.165) is 32.1 Å². The van der Waals surface area contributed by atoms with E-state index in [1.54, 1.807) is 48.5 Å². The zero-order chi connectivity index (χ0) is 38.0. The number of hydrogen-bond donors (Lipinski definition) is 0. The molecular weight excluding hydrogens is 850 g/mol. The molecule has 0 radical (unpaired) electrons. The Kier molecular flexibility index (Phi) is 12.3. The summed E-state index contributed by atoms with van der Waals surface area (Å²) >= 11 is 0. The van der Waals surface area contributed by atoms with Gasteiger partial charge in [-0.1, -0.05) is 60.7 Å². The van der Waals surface area contributed by atoms with Crippen molar-refractivity contribution in [1.82, 2.24) is 24.8 Å². The molecule has 5 heterocycles. The number of carboxylic acids is 4. The first-order chi connectivity index (χ1) is 26.0. The second-order valence-electron chi connectivity index (χ2n) is 12.8. The number of rotatable bonds is 15. The maximum absolute atomic E-state index is 11.4. The molecule has 278 valence electrons. The van der Waals surface area contributed by atoms with Crippen molar-refractivity contribution in [3.05, 3.63) is 136 Å². The molecule has 2 aromatic carbocycles. The molecule has 0 N–H and O–H groups in total. The first kappa shape index (κ1) is 39.9. The Bertz CT molecular complexity index is 2110. The minimum atomic E-state index is -1.47. The number of nitrogens with zero attached hydrogens (tertiary/aromatic N) is 5. The van der Waals surface area contributed by atoms with Crippen LogP contribution in [0.4, 0.5) is 0 Å². The van der Waals surface area contributed by atoms with E-state index in [0.29, 0.717) is 39.7 Å². The van der Waals surface area contributed by atoms with E-state index in [4.69, 9.17) is 24.7 Å². The van der Waals surface area contributed by atoms with Crippen LogP contribution in [0.3, 0.4) is 0 Å². The minimum Gasteiger partial charge on any atom is -0.549 e. The van der Waals surface area contributed by atoms with Gasteiger partial charge >= 0.3 is 49.4 Å². The molecule has 15 nitrogen and oxygen atoms in total. The van der Waals surface area contributed by atoms with E-state index in [-0.39, 0.29) is 62.5 Å². The fourth-order valence-corrected chi connectivity index (χ4v) is 7.02. The predicted octanol–water partition coefficient (Wildman–Crippen LogP) is -1.53. The molecule has 1 aliphatic carbocycles. The largest absolute Gasteiger partial charge is 3.00 e. The van der Waals surface area contributed by atoms with Crippen molar-refractivity contribution in [3.63, 3.8) is 0 Å². The first-order valence-corrected chi connectivity index (χ1v) is 16.7. The van der Waals surface area contributed by atoms with Gasteiger partial charge in [0.25, 0.3) is 0 Å².